The third-order valence-corrected chi connectivity index (χ3v) is 1.94. The maximum atomic E-state index is 4.24. The van der Waals surface area contributed by atoms with Gasteiger partial charge in [-0.05, 0) is 12.5 Å². The third-order valence-electron chi connectivity index (χ3n) is 1.94. The Balaban J connectivity index is 2.54. The van der Waals surface area contributed by atoms with Crippen molar-refractivity contribution >= 4 is 0 Å². The minimum atomic E-state index is 1.01. The third kappa shape index (κ3) is 1.56. The first kappa shape index (κ1) is 7.92. The highest BCUT2D eigenvalue weighted by atomic mass is 14.8. The van der Waals surface area contributed by atoms with Crippen molar-refractivity contribution in [3.8, 4) is 11.3 Å². The summed E-state index contributed by atoms with van der Waals surface area (Å²) in [6.45, 7) is 2.02. The Morgan fingerprint density at radius 2 is 1.85 bits per heavy atom. The van der Waals surface area contributed by atoms with Crippen molar-refractivity contribution in [1.29, 1.82) is 0 Å². The summed E-state index contributed by atoms with van der Waals surface area (Å²) in [4.78, 5) is 8.20. The molecular weight excluding hydrogens is 160 g/mol. The number of aromatic nitrogens is 2. The number of benzene rings is 1. The van der Waals surface area contributed by atoms with Crippen molar-refractivity contribution in [2.45, 2.75) is 6.92 Å². The highest BCUT2D eigenvalue weighted by molar-refractivity contribution is 5.61. The van der Waals surface area contributed by atoms with Crippen LogP contribution in [0.2, 0.25) is 0 Å². The Morgan fingerprint density at radius 1 is 1.08 bits per heavy atom. The fourth-order valence-corrected chi connectivity index (χ4v) is 1.30. The van der Waals surface area contributed by atoms with Gasteiger partial charge in [0.05, 0.1) is 5.69 Å². The molecule has 0 radical (unpaired) electrons. The Labute approximate surface area is 77.3 Å². The summed E-state index contributed by atoms with van der Waals surface area (Å²) in [5, 5.41) is 0. The van der Waals surface area contributed by atoms with Crippen LogP contribution in [0.1, 0.15) is 5.56 Å². The Kier molecular flexibility index (Phi) is 2.04. The molecule has 13 heavy (non-hydrogen) atoms. The lowest BCUT2D eigenvalue weighted by Crippen LogP contribution is -1.88. The maximum absolute atomic E-state index is 4.24. The van der Waals surface area contributed by atoms with Crippen LogP contribution < -0.4 is 0 Å². The van der Waals surface area contributed by atoms with Crippen LogP contribution in [0.15, 0.2) is 42.9 Å². The summed E-state index contributed by atoms with van der Waals surface area (Å²) < 4.78 is 0. The molecular formula is C11H10N2. The zero-order valence-electron chi connectivity index (χ0n) is 7.44. The molecule has 2 aromatic rings. The minimum absolute atomic E-state index is 1.01. The van der Waals surface area contributed by atoms with Crippen LogP contribution in [-0.2, 0) is 0 Å². The van der Waals surface area contributed by atoms with Gasteiger partial charge < -0.3 is 0 Å². The molecule has 1 aromatic heterocycles. The highest BCUT2D eigenvalue weighted by Gasteiger charge is 2.00. The standard InChI is InChI=1S/C11H10N2/c1-9-7-12-8-13-11(9)10-5-3-2-4-6-10/h2-8H,1H3. The lowest BCUT2D eigenvalue weighted by atomic mass is 10.1. The maximum Gasteiger partial charge on any atom is 0.116 e. The van der Waals surface area contributed by atoms with Gasteiger partial charge in [0.1, 0.15) is 6.33 Å². The van der Waals surface area contributed by atoms with Crippen LogP contribution in [0, 0.1) is 6.92 Å². The predicted molar refractivity (Wildman–Crippen MR) is 52.2 cm³/mol. The van der Waals surface area contributed by atoms with E-state index in [0.29, 0.717) is 0 Å². The van der Waals surface area contributed by atoms with E-state index < -0.39 is 0 Å². The molecule has 0 atom stereocenters. The molecule has 0 N–H and O–H groups in total. The van der Waals surface area contributed by atoms with Crippen LogP contribution in [0.25, 0.3) is 11.3 Å². The molecule has 0 aliphatic heterocycles. The van der Waals surface area contributed by atoms with Gasteiger partial charge in [-0.2, -0.15) is 0 Å². The van der Waals surface area contributed by atoms with Gasteiger partial charge in [-0.25, -0.2) is 9.97 Å². The van der Waals surface area contributed by atoms with E-state index in [-0.39, 0.29) is 0 Å². The van der Waals surface area contributed by atoms with Crippen molar-refractivity contribution in [2.24, 2.45) is 0 Å². The first-order chi connectivity index (χ1) is 6.38. The molecule has 64 valence electrons. The molecule has 1 heterocycles. The molecule has 0 unspecified atom stereocenters. The fourth-order valence-electron chi connectivity index (χ4n) is 1.30. The van der Waals surface area contributed by atoms with E-state index in [1.807, 2.05) is 31.3 Å². The van der Waals surface area contributed by atoms with Gasteiger partial charge in [-0.15, -0.1) is 0 Å². The summed E-state index contributed by atoms with van der Waals surface area (Å²) in [6.07, 6.45) is 3.41. The van der Waals surface area contributed by atoms with E-state index in [1.54, 1.807) is 6.33 Å². The smallest absolute Gasteiger partial charge is 0.116 e. The van der Waals surface area contributed by atoms with E-state index in [0.717, 1.165) is 16.8 Å². The Bertz CT molecular complexity index is 396. The monoisotopic (exact) mass is 170 g/mol. The summed E-state index contributed by atoms with van der Waals surface area (Å²) in [5.41, 5.74) is 3.26. The van der Waals surface area contributed by atoms with Gasteiger partial charge >= 0.3 is 0 Å². The zero-order valence-corrected chi connectivity index (χ0v) is 7.44. The van der Waals surface area contributed by atoms with Crippen molar-refractivity contribution in [3.63, 3.8) is 0 Å². The van der Waals surface area contributed by atoms with Crippen LogP contribution in [0.3, 0.4) is 0 Å². The fraction of sp³-hybridized carbons (Fsp3) is 0.0909. The average Bonchev–Trinajstić information content (AvgIpc) is 2.20. The first-order valence-electron chi connectivity index (χ1n) is 4.20. The quantitative estimate of drug-likeness (QED) is 0.657. The Morgan fingerprint density at radius 3 is 2.54 bits per heavy atom. The molecule has 0 saturated heterocycles. The second-order valence-corrected chi connectivity index (χ2v) is 2.92. The molecule has 1 aromatic carbocycles. The average molecular weight is 170 g/mol. The molecule has 2 rings (SSSR count). The topological polar surface area (TPSA) is 25.8 Å². The number of hydrogen-bond donors (Lipinski definition) is 0. The van der Waals surface area contributed by atoms with Gasteiger partial charge in [0.25, 0.3) is 0 Å². The van der Waals surface area contributed by atoms with Gasteiger partial charge in [-0.1, -0.05) is 30.3 Å². The summed E-state index contributed by atoms with van der Waals surface area (Å²) in [7, 11) is 0. The number of nitrogens with zero attached hydrogens (tertiary/aromatic N) is 2. The Hall–Kier alpha value is -1.70. The summed E-state index contributed by atoms with van der Waals surface area (Å²) in [5.74, 6) is 0. The summed E-state index contributed by atoms with van der Waals surface area (Å²) >= 11 is 0. The lowest BCUT2D eigenvalue weighted by Gasteiger charge is -2.02. The van der Waals surface area contributed by atoms with Crippen molar-refractivity contribution in [2.75, 3.05) is 0 Å². The largest absolute Gasteiger partial charge is 0.245 e. The normalized spacial score (nSPS) is 9.92. The molecule has 2 nitrogen and oxygen atoms in total. The van der Waals surface area contributed by atoms with Gasteiger partial charge in [-0.3, -0.25) is 0 Å². The van der Waals surface area contributed by atoms with Gasteiger partial charge in [0.15, 0.2) is 0 Å². The van der Waals surface area contributed by atoms with E-state index in [4.69, 9.17) is 0 Å². The van der Waals surface area contributed by atoms with E-state index >= 15 is 0 Å². The second kappa shape index (κ2) is 3.35. The molecule has 2 heteroatoms. The highest BCUT2D eigenvalue weighted by Crippen LogP contribution is 2.18. The van der Waals surface area contributed by atoms with Crippen LogP contribution in [0.4, 0.5) is 0 Å². The number of rotatable bonds is 1. The molecule has 0 aliphatic rings. The SMILES string of the molecule is Cc1cncnc1-c1ccccc1. The van der Waals surface area contributed by atoms with Crippen molar-refractivity contribution in [1.82, 2.24) is 9.97 Å². The summed E-state index contributed by atoms with van der Waals surface area (Å²) in [6, 6.07) is 10.1. The molecule has 0 aliphatic carbocycles. The molecule has 0 amide bonds. The van der Waals surface area contributed by atoms with Crippen LogP contribution in [-0.4, -0.2) is 9.97 Å². The minimum Gasteiger partial charge on any atom is -0.245 e. The van der Waals surface area contributed by atoms with Crippen LogP contribution >= 0.6 is 0 Å². The second-order valence-electron chi connectivity index (χ2n) is 2.92. The predicted octanol–water partition coefficient (Wildman–Crippen LogP) is 2.45. The van der Waals surface area contributed by atoms with Crippen molar-refractivity contribution in [3.05, 3.63) is 48.4 Å². The molecule has 0 saturated carbocycles. The van der Waals surface area contributed by atoms with Gasteiger partial charge in [0.2, 0.25) is 0 Å². The van der Waals surface area contributed by atoms with Gasteiger partial charge in [0, 0.05) is 11.8 Å². The van der Waals surface area contributed by atoms with Crippen LogP contribution in [0.5, 0.6) is 0 Å². The van der Waals surface area contributed by atoms with Crippen molar-refractivity contribution < 1.29 is 0 Å². The van der Waals surface area contributed by atoms with E-state index in [2.05, 4.69) is 22.1 Å². The van der Waals surface area contributed by atoms with E-state index in [9.17, 15) is 0 Å². The number of aryl methyl sites for hydroxylation is 1. The molecule has 0 fully saturated rings. The zero-order chi connectivity index (χ0) is 9.10. The molecule has 0 bridgehead atoms. The molecule has 0 spiro atoms. The lowest BCUT2D eigenvalue weighted by molar-refractivity contribution is 1.13. The van der Waals surface area contributed by atoms with E-state index in [1.165, 1.54) is 0 Å². The first-order valence-corrected chi connectivity index (χ1v) is 4.20. The number of hydrogen-bond acceptors (Lipinski definition) is 2.